The second-order valence-electron chi connectivity index (χ2n) is 7.68. The number of anilines is 2. The molecule has 0 atom stereocenters. The molecule has 198 valence electrons. The molecule has 1 aliphatic rings. The van der Waals surface area contributed by atoms with Gasteiger partial charge in [0.25, 0.3) is 17.5 Å². The van der Waals surface area contributed by atoms with E-state index in [9.17, 15) is 37.7 Å². The minimum Gasteiger partial charge on any atom is -0.454 e. The molecule has 2 aromatic rings. The normalized spacial score (nSPS) is 13.6. The number of carbonyl (C=O) groups excluding carboxylic acids is 3. The van der Waals surface area contributed by atoms with Crippen molar-refractivity contribution < 1.29 is 42.0 Å². The molecule has 0 aliphatic carbocycles. The molecule has 0 bridgehead atoms. The van der Waals surface area contributed by atoms with Gasteiger partial charge in [-0.3, -0.25) is 24.5 Å². The van der Waals surface area contributed by atoms with E-state index in [0.717, 1.165) is 30.3 Å². The van der Waals surface area contributed by atoms with Crippen LogP contribution in [-0.2, 0) is 25.2 Å². The summed E-state index contributed by atoms with van der Waals surface area (Å²) in [5, 5.41) is 15.3. The van der Waals surface area contributed by atoms with Crippen LogP contribution in [0.3, 0.4) is 0 Å². The number of halogens is 4. The van der Waals surface area contributed by atoms with Gasteiger partial charge in [0.1, 0.15) is 6.54 Å². The quantitative estimate of drug-likeness (QED) is 0.294. The molecule has 0 spiro atoms. The standard InChI is InChI=1S/C22H20ClF3N4O7/c23-15-7-13(8-16(10-15)30(34)35)21(33)27-11-20(32)37-12-19(31)28-17-9-14(22(24,25)26)1-2-18(17)29-3-5-36-6-4-29/h1-2,7-10H,3-6,11-12H2,(H,27,33)(H,28,31). The van der Waals surface area contributed by atoms with Crippen LogP contribution in [0.4, 0.5) is 30.2 Å². The molecule has 11 nitrogen and oxygen atoms in total. The monoisotopic (exact) mass is 544 g/mol. The second-order valence-corrected chi connectivity index (χ2v) is 8.11. The maximum Gasteiger partial charge on any atom is 0.416 e. The third-order valence-corrected chi connectivity index (χ3v) is 5.28. The van der Waals surface area contributed by atoms with Crippen molar-refractivity contribution in [3.63, 3.8) is 0 Å². The van der Waals surface area contributed by atoms with Crippen molar-refractivity contribution in [2.75, 3.05) is 49.7 Å². The molecule has 1 aliphatic heterocycles. The Bertz CT molecular complexity index is 1200. The van der Waals surface area contributed by atoms with Crippen LogP contribution in [-0.4, -0.2) is 62.2 Å². The number of morpholine rings is 1. The molecule has 0 radical (unpaired) electrons. The number of carbonyl (C=O) groups is 3. The Labute approximate surface area is 212 Å². The molecule has 37 heavy (non-hydrogen) atoms. The molecule has 2 N–H and O–H groups in total. The number of benzene rings is 2. The van der Waals surface area contributed by atoms with Crippen LogP contribution < -0.4 is 15.5 Å². The van der Waals surface area contributed by atoms with Gasteiger partial charge in [0.2, 0.25) is 0 Å². The lowest BCUT2D eigenvalue weighted by Crippen LogP contribution is -2.37. The van der Waals surface area contributed by atoms with Crippen molar-refractivity contribution in [1.82, 2.24) is 5.32 Å². The van der Waals surface area contributed by atoms with Gasteiger partial charge in [0.05, 0.1) is 35.1 Å². The first-order valence-electron chi connectivity index (χ1n) is 10.7. The highest BCUT2D eigenvalue weighted by molar-refractivity contribution is 6.31. The van der Waals surface area contributed by atoms with Gasteiger partial charge in [-0.2, -0.15) is 13.2 Å². The summed E-state index contributed by atoms with van der Waals surface area (Å²) in [4.78, 5) is 48.4. The van der Waals surface area contributed by atoms with Gasteiger partial charge < -0.3 is 25.0 Å². The first-order chi connectivity index (χ1) is 17.4. The number of amides is 2. The lowest BCUT2D eigenvalue weighted by molar-refractivity contribution is -0.384. The molecule has 0 aromatic heterocycles. The predicted octanol–water partition coefficient (Wildman–Crippen LogP) is 3.02. The topological polar surface area (TPSA) is 140 Å². The molecule has 0 saturated carbocycles. The molecule has 1 saturated heterocycles. The summed E-state index contributed by atoms with van der Waals surface area (Å²) >= 11 is 5.76. The van der Waals surface area contributed by atoms with Crippen LogP contribution in [0.5, 0.6) is 0 Å². The van der Waals surface area contributed by atoms with Crippen molar-refractivity contribution in [3.8, 4) is 0 Å². The van der Waals surface area contributed by atoms with E-state index in [0.29, 0.717) is 32.0 Å². The number of rotatable bonds is 8. The van der Waals surface area contributed by atoms with Crippen molar-refractivity contribution in [2.45, 2.75) is 6.18 Å². The Hall–Kier alpha value is -3.91. The number of alkyl halides is 3. The van der Waals surface area contributed by atoms with Crippen LogP contribution >= 0.6 is 11.6 Å². The summed E-state index contributed by atoms with van der Waals surface area (Å²) in [5.74, 6) is -2.79. The highest BCUT2D eigenvalue weighted by Gasteiger charge is 2.32. The van der Waals surface area contributed by atoms with Crippen LogP contribution in [0.2, 0.25) is 5.02 Å². The fourth-order valence-electron chi connectivity index (χ4n) is 3.34. The minimum absolute atomic E-state index is 0.0651. The van der Waals surface area contributed by atoms with Crippen molar-refractivity contribution in [3.05, 3.63) is 62.7 Å². The fourth-order valence-corrected chi connectivity index (χ4v) is 3.57. The van der Waals surface area contributed by atoms with Gasteiger partial charge in [-0.15, -0.1) is 0 Å². The number of ether oxygens (including phenoxy) is 2. The molecule has 3 rings (SSSR count). The zero-order valence-electron chi connectivity index (χ0n) is 19.0. The number of nitro groups is 1. The fraction of sp³-hybridized carbons (Fsp3) is 0.318. The molecule has 2 amide bonds. The van der Waals surface area contributed by atoms with E-state index in [1.165, 1.54) is 6.07 Å². The molecule has 1 heterocycles. The average molecular weight is 545 g/mol. The van der Waals surface area contributed by atoms with E-state index in [4.69, 9.17) is 21.1 Å². The Morgan fingerprint density at radius 2 is 1.84 bits per heavy atom. The number of nitrogens with one attached hydrogen (secondary N) is 2. The molecular formula is C22H20ClF3N4O7. The number of hydrogen-bond acceptors (Lipinski definition) is 8. The number of nitro benzene ring substituents is 1. The zero-order valence-corrected chi connectivity index (χ0v) is 19.7. The Morgan fingerprint density at radius 3 is 2.49 bits per heavy atom. The lowest BCUT2D eigenvalue weighted by Gasteiger charge is -2.31. The predicted molar refractivity (Wildman–Crippen MR) is 125 cm³/mol. The van der Waals surface area contributed by atoms with Gasteiger partial charge in [0, 0.05) is 35.8 Å². The summed E-state index contributed by atoms with van der Waals surface area (Å²) < 4.78 is 49.6. The van der Waals surface area contributed by atoms with Crippen molar-refractivity contribution in [2.24, 2.45) is 0 Å². The third-order valence-electron chi connectivity index (χ3n) is 5.06. The van der Waals surface area contributed by atoms with Crippen molar-refractivity contribution in [1.29, 1.82) is 0 Å². The van der Waals surface area contributed by atoms with Gasteiger partial charge in [-0.1, -0.05) is 11.6 Å². The number of esters is 1. The highest BCUT2D eigenvalue weighted by atomic mass is 35.5. The van der Waals surface area contributed by atoms with E-state index in [2.05, 4.69) is 10.6 Å². The highest BCUT2D eigenvalue weighted by Crippen LogP contribution is 2.35. The van der Waals surface area contributed by atoms with E-state index >= 15 is 0 Å². The molecule has 0 unspecified atom stereocenters. The van der Waals surface area contributed by atoms with Gasteiger partial charge >= 0.3 is 12.1 Å². The number of non-ortho nitro benzene ring substituents is 1. The number of nitrogens with zero attached hydrogens (tertiary/aromatic N) is 2. The third kappa shape index (κ3) is 7.79. The van der Waals surface area contributed by atoms with E-state index in [1.807, 2.05) is 0 Å². The van der Waals surface area contributed by atoms with E-state index < -0.39 is 53.3 Å². The number of hydrogen-bond donors (Lipinski definition) is 2. The molecule has 1 fully saturated rings. The van der Waals surface area contributed by atoms with Crippen LogP contribution in [0, 0.1) is 10.1 Å². The first-order valence-corrected chi connectivity index (χ1v) is 11.0. The summed E-state index contributed by atoms with van der Waals surface area (Å²) in [6, 6.07) is 6.09. The van der Waals surface area contributed by atoms with Gasteiger partial charge in [-0.05, 0) is 24.3 Å². The Balaban J connectivity index is 1.58. The zero-order chi connectivity index (χ0) is 27.2. The van der Waals surface area contributed by atoms with E-state index in [1.54, 1.807) is 4.90 Å². The minimum atomic E-state index is -4.64. The molecule has 2 aromatic carbocycles. The summed E-state index contributed by atoms with van der Waals surface area (Å²) in [5.41, 5.74) is -1.35. The summed E-state index contributed by atoms with van der Waals surface area (Å²) in [6.45, 7) is 0.00308. The Morgan fingerprint density at radius 1 is 1.14 bits per heavy atom. The Kier molecular flexibility index (Phi) is 8.89. The van der Waals surface area contributed by atoms with E-state index in [-0.39, 0.29) is 16.3 Å². The largest absolute Gasteiger partial charge is 0.454 e. The van der Waals surface area contributed by atoms with Crippen LogP contribution in [0.25, 0.3) is 0 Å². The lowest BCUT2D eigenvalue weighted by atomic mass is 10.1. The smallest absolute Gasteiger partial charge is 0.416 e. The first kappa shape index (κ1) is 27.7. The maximum absolute atomic E-state index is 13.2. The molecular weight excluding hydrogens is 525 g/mol. The SMILES string of the molecule is O=C(COC(=O)CNC(=O)c1cc(Cl)cc([N+](=O)[O-])c1)Nc1cc(C(F)(F)F)ccc1N1CCOCC1. The van der Waals surface area contributed by atoms with Crippen molar-refractivity contribution >= 4 is 46.4 Å². The van der Waals surface area contributed by atoms with Gasteiger partial charge in [-0.25, -0.2) is 0 Å². The average Bonchev–Trinajstić information content (AvgIpc) is 2.85. The summed E-state index contributed by atoms with van der Waals surface area (Å²) in [6.07, 6.45) is -4.64. The summed E-state index contributed by atoms with van der Waals surface area (Å²) in [7, 11) is 0. The van der Waals surface area contributed by atoms with Gasteiger partial charge in [0.15, 0.2) is 6.61 Å². The van der Waals surface area contributed by atoms with Crippen LogP contribution in [0.15, 0.2) is 36.4 Å². The van der Waals surface area contributed by atoms with Crippen LogP contribution in [0.1, 0.15) is 15.9 Å². The molecule has 15 heteroatoms. The maximum atomic E-state index is 13.2. The second kappa shape index (κ2) is 11.9.